The fourth-order valence-corrected chi connectivity index (χ4v) is 4.18. The lowest BCUT2D eigenvalue weighted by Gasteiger charge is -2.31. The lowest BCUT2D eigenvalue weighted by molar-refractivity contribution is 0.0523. The Labute approximate surface area is 161 Å². The number of likely N-dealkylation sites (N-methyl/N-ethyl adjacent to an activating group) is 1. The van der Waals surface area contributed by atoms with Gasteiger partial charge in [0, 0.05) is 29.0 Å². The predicted molar refractivity (Wildman–Crippen MR) is 105 cm³/mol. The summed E-state index contributed by atoms with van der Waals surface area (Å²) in [7, 11) is 0. The minimum atomic E-state index is -0.584. The molecular weight excluding hydrogens is 398 g/mol. The van der Waals surface area contributed by atoms with Crippen LogP contribution in [0.2, 0.25) is 0 Å². The lowest BCUT2D eigenvalue weighted by atomic mass is 10.1. The van der Waals surface area contributed by atoms with Gasteiger partial charge in [0.1, 0.15) is 11.2 Å². The van der Waals surface area contributed by atoms with E-state index in [0.717, 1.165) is 25.9 Å². The Hall–Kier alpha value is -1.73. The van der Waals surface area contributed by atoms with Gasteiger partial charge >= 0.3 is 5.97 Å². The number of esters is 1. The first kappa shape index (κ1) is 19.0. The van der Waals surface area contributed by atoms with E-state index < -0.39 is 5.97 Å². The maximum absolute atomic E-state index is 12.8. The molecule has 7 heteroatoms. The van der Waals surface area contributed by atoms with E-state index in [-0.39, 0.29) is 23.6 Å². The molecule has 1 saturated heterocycles. The SMILES string of the molecule is CCOC(=O)c1cn(C(C)C2CCCN2CC)c2ncc(Br)cc2c1=O. The second-order valence-electron chi connectivity index (χ2n) is 6.60. The number of ether oxygens (including phenoxy) is 1. The highest BCUT2D eigenvalue weighted by atomic mass is 79.9. The monoisotopic (exact) mass is 421 g/mol. The van der Waals surface area contributed by atoms with Crippen LogP contribution in [0.4, 0.5) is 0 Å². The molecule has 140 valence electrons. The standard InChI is InChI=1S/C19H24BrN3O3/c1-4-22-8-6-7-16(22)12(3)23-11-15(19(25)26-5-2)17(24)14-9-13(20)10-21-18(14)23/h9-12,16H,4-8H2,1-3H3. The van der Waals surface area contributed by atoms with Crippen molar-refractivity contribution in [2.45, 2.75) is 45.7 Å². The van der Waals surface area contributed by atoms with Crippen LogP contribution in [0.15, 0.2) is 27.7 Å². The van der Waals surface area contributed by atoms with Gasteiger partial charge in [0.05, 0.1) is 12.0 Å². The summed E-state index contributed by atoms with van der Waals surface area (Å²) in [5.41, 5.74) is 0.323. The number of fused-ring (bicyclic) bond motifs is 1. The van der Waals surface area contributed by atoms with E-state index in [4.69, 9.17) is 4.74 Å². The van der Waals surface area contributed by atoms with Crippen molar-refractivity contribution in [2.24, 2.45) is 0 Å². The maximum Gasteiger partial charge on any atom is 0.343 e. The van der Waals surface area contributed by atoms with E-state index in [0.29, 0.717) is 21.5 Å². The highest BCUT2D eigenvalue weighted by Gasteiger charge is 2.30. The summed E-state index contributed by atoms with van der Waals surface area (Å²) in [6.45, 7) is 8.31. The van der Waals surface area contributed by atoms with Gasteiger partial charge in [0.2, 0.25) is 5.43 Å². The Kier molecular flexibility index (Phi) is 5.77. The van der Waals surface area contributed by atoms with Crippen molar-refractivity contribution in [2.75, 3.05) is 19.7 Å². The van der Waals surface area contributed by atoms with E-state index in [1.807, 2.05) is 4.57 Å². The first-order valence-electron chi connectivity index (χ1n) is 9.09. The summed E-state index contributed by atoms with van der Waals surface area (Å²) in [6.07, 6.45) is 5.56. The average molecular weight is 422 g/mol. The van der Waals surface area contributed by atoms with Crippen LogP contribution in [-0.2, 0) is 4.74 Å². The molecule has 2 aromatic heterocycles. The molecule has 0 amide bonds. The normalized spacial score (nSPS) is 19.0. The topological polar surface area (TPSA) is 64.4 Å². The summed E-state index contributed by atoms with van der Waals surface area (Å²) < 4.78 is 7.77. The molecule has 0 spiro atoms. The minimum absolute atomic E-state index is 0.0622. The molecule has 2 aromatic rings. The quantitative estimate of drug-likeness (QED) is 0.692. The zero-order valence-corrected chi connectivity index (χ0v) is 17.0. The van der Waals surface area contributed by atoms with Crippen molar-refractivity contribution in [3.05, 3.63) is 38.7 Å². The number of carbonyl (C=O) groups excluding carboxylic acids is 1. The maximum atomic E-state index is 12.8. The molecule has 0 aromatic carbocycles. The first-order valence-corrected chi connectivity index (χ1v) is 9.88. The van der Waals surface area contributed by atoms with Crippen molar-refractivity contribution in [3.63, 3.8) is 0 Å². The molecule has 6 nitrogen and oxygen atoms in total. The largest absolute Gasteiger partial charge is 0.462 e. The molecule has 2 atom stereocenters. The molecule has 0 radical (unpaired) electrons. The summed E-state index contributed by atoms with van der Waals surface area (Å²) in [5.74, 6) is -0.584. The minimum Gasteiger partial charge on any atom is -0.462 e. The number of halogens is 1. The van der Waals surface area contributed by atoms with E-state index in [2.05, 4.69) is 39.7 Å². The molecule has 1 aliphatic rings. The lowest BCUT2D eigenvalue weighted by Crippen LogP contribution is -2.36. The van der Waals surface area contributed by atoms with Crippen LogP contribution in [-0.4, -0.2) is 46.2 Å². The highest BCUT2D eigenvalue weighted by molar-refractivity contribution is 9.10. The Morgan fingerprint density at radius 1 is 1.46 bits per heavy atom. The van der Waals surface area contributed by atoms with Gasteiger partial charge in [-0.15, -0.1) is 0 Å². The fourth-order valence-electron chi connectivity index (χ4n) is 3.85. The van der Waals surface area contributed by atoms with Gasteiger partial charge in [-0.2, -0.15) is 0 Å². The molecular formula is C19H24BrN3O3. The van der Waals surface area contributed by atoms with Crippen molar-refractivity contribution < 1.29 is 9.53 Å². The molecule has 0 N–H and O–H groups in total. The second kappa shape index (κ2) is 7.88. The average Bonchev–Trinajstić information content (AvgIpc) is 3.10. The zero-order chi connectivity index (χ0) is 18.8. The molecule has 2 unspecified atom stereocenters. The summed E-state index contributed by atoms with van der Waals surface area (Å²) in [6, 6.07) is 2.16. The summed E-state index contributed by atoms with van der Waals surface area (Å²) >= 11 is 3.37. The smallest absolute Gasteiger partial charge is 0.343 e. The molecule has 0 saturated carbocycles. The van der Waals surface area contributed by atoms with Crippen molar-refractivity contribution in [1.29, 1.82) is 0 Å². The van der Waals surface area contributed by atoms with Crippen molar-refractivity contribution in [1.82, 2.24) is 14.5 Å². The van der Waals surface area contributed by atoms with Crippen LogP contribution in [0.3, 0.4) is 0 Å². The molecule has 0 bridgehead atoms. The Bertz CT molecular complexity index is 880. The number of likely N-dealkylation sites (tertiary alicyclic amines) is 1. The van der Waals surface area contributed by atoms with Gasteiger partial charge in [-0.25, -0.2) is 9.78 Å². The van der Waals surface area contributed by atoms with Crippen molar-refractivity contribution >= 4 is 32.9 Å². The van der Waals surface area contributed by atoms with Gasteiger partial charge in [-0.3, -0.25) is 9.69 Å². The Morgan fingerprint density at radius 3 is 2.92 bits per heavy atom. The van der Waals surface area contributed by atoms with Gasteiger partial charge in [0.15, 0.2) is 0 Å². The summed E-state index contributed by atoms with van der Waals surface area (Å²) in [5, 5.41) is 0.429. The highest BCUT2D eigenvalue weighted by Crippen LogP contribution is 2.29. The molecule has 1 aliphatic heterocycles. The van der Waals surface area contributed by atoms with Crippen LogP contribution in [0.5, 0.6) is 0 Å². The Balaban J connectivity index is 2.18. The van der Waals surface area contributed by atoms with Crippen LogP contribution in [0.25, 0.3) is 11.0 Å². The number of hydrogen-bond donors (Lipinski definition) is 0. The van der Waals surface area contributed by atoms with Gasteiger partial charge in [0.25, 0.3) is 0 Å². The van der Waals surface area contributed by atoms with E-state index in [9.17, 15) is 9.59 Å². The number of rotatable bonds is 5. The number of pyridine rings is 2. The summed E-state index contributed by atoms with van der Waals surface area (Å²) in [4.78, 5) is 32.1. The molecule has 0 aliphatic carbocycles. The van der Waals surface area contributed by atoms with E-state index in [1.165, 1.54) is 0 Å². The predicted octanol–water partition coefficient (Wildman–Crippen LogP) is 3.38. The molecule has 3 heterocycles. The third kappa shape index (κ3) is 3.42. The third-order valence-corrected chi connectivity index (χ3v) is 5.58. The zero-order valence-electron chi connectivity index (χ0n) is 15.4. The number of hydrogen-bond acceptors (Lipinski definition) is 5. The Morgan fingerprint density at radius 2 is 2.23 bits per heavy atom. The van der Waals surface area contributed by atoms with Crippen LogP contribution in [0.1, 0.15) is 50.0 Å². The number of carbonyl (C=O) groups is 1. The van der Waals surface area contributed by atoms with Crippen LogP contribution >= 0.6 is 15.9 Å². The van der Waals surface area contributed by atoms with Crippen molar-refractivity contribution in [3.8, 4) is 0 Å². The number of nitrogens with zero attached hydrogens (tertiary/aromatic N) is 3. The molecule has 26 heavy (non-hydrogen) atoms. The third-order valence-electron chi connectivity index (χ3n) is 5.15. The van der Waals surface area contributed by atoms with Gasteiger partial charge in [-0.05, 0) is 61.8 Å². The number of aromatic nitrogens is 2. The van der Waals surface area contributed by atoms with Gasteiger partial charge < -0.3 is 9.30 Å². The van der Waals surface area contributed by atoms with Crippen LogP contribution < -0.4 is 5.43 Å². The fraction of sp³-hybridized carbons (Fsp3) is 0.526. The van der Waals surface area contributed by atoms with E-state index in [1.54, 1.807) is 25.4 Å². The van der Waals surface area contributed by atoms with Gasteiger partial charge in [-0.1, -0.05) is 6.92 Å². The molecule has 1 fully saturated rings. The molecule has 3 rings (SSSR count). The van der Waals surface area contributed by atoms with E-state index >= 15 is 0 Å². The second-order valence-corrected chi connectivity index (χ2v) is 7.52. The first-order chi connectivity index (χ1) is 12.5. The van der Waals surface area contributed by atoms with Crippen LogP contribution in [0, 0.1) is 0 Å².